The van der Waals surface area contributed by atoms with Crippen LogP contribution in [-0.2, 0) is 0 Å². The minimum Gasteiger partial charge on any atom is -0.356 e. The van der Waals surface area contributed by atoms with Crippen molar-refractivity contribution in [3.8, 4) is 33.8 Å². The highest BCUT2D eigenvalue weighted by atomic mass is 16.5. The third kappa shape index (κ3) is 2.64. The van der Waals surface area contributed by atoms with E-state index in [1.807, 2.05) is 42.5 Å². The van der Waals surface area contributed by atoms with Crippen LogP contribution >= 0.6 is 0 Å². The average Bonchev–Trinajstić information content (AvgIpc) is 3.37. The second-order valence-electron chi connectivity index (χ2n) is 7.11. The largest absolute Gasteiger partial charge is 0.356 e. The van der Waals surface area contributed by atoms with Crippen molar-refractivity contribution in [1.29, 1.82) is 0 Å². The summed E-state index contributed by atoms with van der Waals surface area (Å²) < 4.78 is 5.68. The Morgan fingerprint density at radius 1 is 0.786 bits per heavy atom. The Morgan fingerprint density at radius 2 is 1.46 bits per heavy atom. The van der Waals surface area contributed by atoms with Crippen LogP contribution in [0.4, 0.5) is 0 Å². The molecule has 0 aliphatic rings. The van der Waals surface area contributed by atoms with Gasteiger partial charge in [-0.2, -0.15) is 0 Å². The zero-order valence-electron chi connectivity index (χ0n) is 15.9. The van der Waals surface area contributed by atoms with Crippen LogP contribution < -0.4 is 0 Å². The van der Waals surface area contributed by atoms with E-state index in [2.05, 4.69) is 60.4 Å². The lowest BCUT2D eigenvalue weighted by Gasteiger charge is -2.04. The lowest BCUT2D eigenvalue weighted by Crippen LogP contribution is -1.82. The summed E-state index contributed by atoms with van der Waals surface area (Å²) in [6.45, 7) is 4.30. The monoisotopic (exact) mass is 364 g/mol. The van der Waals surface area contributed by atoms with Crippen molar-refractivity contribution in [3.63, 3.8) is 0 Å². The molecule has 3 heteroatoms. The summed E-state index contributed by atoms with van der Waals surface area (Å²) in [6.07, 6.45) is 0. The van der Waals surface area contributed by atoms with E-state index in [9.17, 15) is 0 Å². The fourth-order valence-electron chi connectivity index (χ4n) is 3.74. The van der Waals surface area contributed by atoms with Crippen LogP contribution in [-0.4, -0.2) is 10.1 Å². The van der Waals surface area contributed by atoms with E-state index in [0.717, 1.165) is 39.4 Å². The number of benzene rings is 3. The molecule has 0 unspecified atom stereocenters. The number of nitrogens with zero attached hydrogens (tertiary/aromatic N) is 1. The van der Waals surface area contributed by atoms with Gasteiger partial charge in [0.05, 0.1) is 5.69 Å². The first-order chi connectivity index (χ1) is 13.7. The number of H-pyrrole nitrogens is 1. The minimum absolute atomic E-state index is 0.765. The Hall–Kier alpha value is -3.59. The van der Waals surface area contributed by atoms with Crippen LogP contribution in [0.3, 0.4) is 0 Å². The fraction of sp³-hybridized carbons (Fsp3) is 0.0800. The van der Waals surface area contributed by atoms with E-state index >= 15 is 0 Å². The van der Waals surface area contributed by atoms with Crippen LogP contribution in [0.5, 0.6) is 0 Å². The standard InChI is InChI=1S/C25H20N2O/c1-16-13-14-20-23(19-11-7-4-8-12-19)25(26-24(20)17(16)2)21-15-22(28-27-21)18-9-5-3-6-10-18/h3-15,26H,1-2H3. The topological polar surface area (TPSA) is 41.8 Å². The Balaban J connectivity index is 1.76. The lowest BCUT2D eigenvalue weighted by molar-refractivity contribution is 0.435. The summed E-state index contributed by atoms with van der Waals surface area (Å²) in [4.78, 5) is 3.63. The van der Waals surface area contributed by atoms with E-state index < -0.39 is 0 Å². The molecule has 5 aromatic rings. The quantitative estimate of drug-likeness (QED) is 0.384. The molecule has 1 N–H and O–H groups in total. The molecule has 2 aromatic heterocycles. The molecule has 0 amide bonds. The van der Waals surface area contributed by atoms with Gasteiger partial charge in [-0.25, -0.2) is 0 Å². The van der Waals surface area contributed by atoms with Crippen molar-refractivity contribution >= 4 is 10.9 Å². The van der Waals surface area contributed by atoms with Gasteiger partial charge in [-0.1, -0.05) is 78.0 Å². The number of rotatable bonds is 3. The molecule has 0 radical (unpaired) electrons. The maximum atomic E-state index is 5.68. The van der Waals surface area contributed by atoms with Crippen LogP contribution in [0.25, 0.3) is 44.7 Å². The summed E-state index contributed by atoms with van der Waals surface area (Å²) in [5.74, 6) is 0.765. The SMILES string of the molecule is Cc1ccc2c(-c3ccccc3)c(-c3cc(-c4ccccc4)on3)[nH]c2c1C. The summed E-state index contributed by atoms with van der Waals surface area (Å²) >= 11 is 0. The molecule has 0 atom stereocenters. The van der Waals surface area contributed by atoms with E-state index in [0.29, 0.717) is 0 Å². The predicted octanol–water partition coefficient (Wildman–Crippen LogP) is 6.77. The molecular formula is C25H20N2O. The highest BCUT2D eigenvalue weighted by Gasteiger charge is 2.19. The van der Waals surface area contributed by atoms with Gasteiger partial charge < -0.3 is 9.51 Å². The molecule has 0 bridgehead atoms. The number of aromatic amines is 1. The van der Waals surface area contributed by atoms with Gasteiger partial charge in [0, 0.05) is 28.1 Å². The summed E-state index contributed by atoms with van der Waals surface area (Å²) in [5.41, 5.74) is 8.82. The normalized spacial score (nSPS) is 11.2. The van der Waals surface area contributed by atoms with Crippen molar-refractivity contribution in [2.75, 3.05) is 0 Å². The van der Waals surface area contributed by atoms with Crippen molar-refractivity contribution in [3.05, 3.63) is 90.0 Å². The van der Waals surface area contributed by atoms with Crippen molar-refractivity contribution in [2.45, 2.75) is 13.8 Å². The van der Waals surface area contributed by atoms with Gasteiger partial charge in [0.1, 0.15) is 5.69 Å². The molecule has 5 rings (SSSR count). The zero-order chi connectivity index (χ0) is 19.1. The highest BCUT2D eigenvalue weighted by molar-refractivity contribution is 6.04. The van der Waals surface area contributed by atoms with Gasteiger partial charge in [-0.15, -0.1) is 0 Å². The molecule has 0 aliphatic carbocycles. The van der Waals surface area contributed by atoms with E-state index in [1.54, 1.807) is 0 Å². The molecule has 0 saturated carbocycles. The van der Waals surface area contributed by atoms with Crippen LogP contribution in [0.2, 0.25) is 0 Å². The molecular weight excluding hydrogens is 344 g/mol. The Bertz CT molecular complexity index is 1260. The minimum atomic E-state index is 0.765. The van der Waals surface area contributed by atoms with Crippen molar-refractivity contribution in [2.24, 2.45) is 0 Å². The van der Waals surface area contributed by atoms with Gasteiger partial charge in [0.25, 0.3) is 0 Å². The number of nitrogens with one attached hydrogen (secondary N) is 1. The van der Waals surface area contributed by atoms with Crippen LogP contribution in [0.15, 0.2) is 83.4 Å². The molecule has 0 aliphatic heterocycles. The molecule has 0 spiro atoms. The third-order valence-corrected chi connectivity index (χ3v) is 5.39. The lowest BCUT2D eigenvalue weighted by atomic mass is 9.98. The first kappa shape index (κ1) is 16.6. The van der Waals surface area contributed by atoms with E-state index in [1.165, 1.54) is 16.5 Å². The molecule has 28 heavy (non-hydrogen) atoms. The highest BCUT2D eigenvalue weighted by Crippen LogP contribution is 2.40. The van der Waals surface area contributed by atoms with Gasteiger partial charge >= 0.3 is 0 Å². The fourth-order valence-corrected chi connectivity index (χ4v) is 3.74. The smallest absolute Gasteiger partial charge is 0.167 e. The van der Waals surface area contributed by atoms with E-state index in [4.69, 9.17) is 4.52 Å². The van der Waals surface area contributed by atoms with Crippen LogP contribution in [0, 0.1) is 13.8 Å². The summed E-state index contributed by atoms with van der Waals surface area (Å²) in [6, 6.07) is 26.9. The molecule has 0 saturated heterocycles. The van der Waals surface area contributed by atoms with Gasteiger partial charge in [0.15, 0.2) is 5.76 Å². The molecule has 136 valence electrons. The second-order valence-corrected chi connectivity index (χ2v) is 7.11. The van der Waals surface area contributed by atoms with Crippen LogP contribution in [0.1, 0.15) is 11.1 Å². The number of aromatic nitrogens is 2. The maximum absolute atomic E-state index is 5.68. The van der Waals surface area contributed by atoms with E-state index in [-0.39, 0.29) is 0 Å². The average molecular weight is 364 g/mol. The van der Waals surface area contributed by atoms with Crippen molar-refractivity contribution < 1.29 is 4.52 Å². The van der Waals surface area contributed by atoms with Crippen molar-refractivity contribution in [1.82, 2.24) is 10.1 Å². The Labute approximate surface area is 163 Å². The number of hydrogen-bond donors (Lipinski definition) is 1. The molecule has 3 aromatic carbocycles. The van der Waals surface area contributed by atoms with Gasteiger partial charge in [-0.05, 0) is 30.5 Å². The first-order valence-electron chi connectivity index (χ1n) is 9.42. The predicted molar refractivity (Wildman–Crippen MR) is 114 cm³/mol. The molecule has 2 heterocycles. The molecule has 0 fully saturated rings. The summed E-state index contributed by atoms with van der Waals surface area (Å²) in [7, 11) is 0. The van der Waals surface area contributed by atoms with Gasteiger partial charge in [-0.3, -0.25) is 0 Å². The molecule has 3 nitrogen and oxygen atoms in total. The maximum Gasteiger partial charge on any atom is 0.167 e. The number of fused-ring (bicyclic) bond motifs is 1. The van der Waals surface area contributed by atoms with Gasteiger partial charge in [0.2, 0.25) is 0 Å². The Kier molecular flexibility index (Phi) is 3.87. The Morgan fingerprint density at radius 3 is 2.18 bits per heavy atom. The zero-order valence-corrected chi connectivity index (χ0v) is 15.9. The second kappa shape index (κ2) is 6.54. The number of hydrogen-bond acceptors (Lipinski definition) is 2. The first-order valence-corrected chi connectivity index (χ1v) is 9.42. The summed E-state index contributed by atoms with van der Waals surface area (Å²) in [5, 5.41) is 5.59. The number of aryl methyl sites for hydroxylation is 2. The third-order valence-electron chi connectivity index (χ3n) is 5.39.